The molecule has 2 heterocycles. The summed E-state index contributed by atoms with van der Waals surface area (Å²) in [6.07, 6.45) is -5.09. The fourth-order valence-corrected chi connectivity index (χ4v) is 5.27. The van der Waals surface area contributed by atoms with E-state index in [4.69, 9.17) is 30.5 Å². The molecular formula is C25H20ClF3O6. The van der Waals surface area contributed by atoms with E-state index in [1.807, 2.05) is 0 Å². The molecule has 0 saturated carbocycles. The lowest BCUT2D eigenvalue weighted by Gasteiger charge is -2.37. The van der Waals surface area contributed by atoms with Gasteiger partial charge in [-0.25, -0.2) is 0 Å². The van der Waals surface area contributed by atoms with Crippen LogP contribution in [0.5, 0.6) is 17.2 Å². The molecule has 35 heavy (non-hydrogen) atoms. The van der Waals surface area contributed by atoms with Gasteiger partial charge in [-0.05, 0) is 17.7 Å². The predicted molar refractivity (Wildman–Crippen MR) is 118 cm³/mol. The van der Waals surface area contributed by atoms with Crippen LogP contribution in [0.4, 0.5) is 13.2 Å². The fraction of sp³-hybridized carbons (Fsp3) is 0.360. The van der Waals surface area contributed by atoms with Crippen molar-refractivity contribution in [2.75, 3.05) is 14.2 Å². The SMILES string of the molecule is COc1cc(OC)c2c(c1Cl)O[C@]1(C2=O)C2=C(C[C@@H](c3ccc(C(F)(F)F)cc3)O2)C(=O)C[C@H]1C. The van der Waals surface area contributed by atoms with Gasteiger partial charge in [0.2, 0.25) is 11.4 Å². The van der Waals surface area contributed by atoms with Gasteiger partial charge in [0.25, 0.3) is 0 Å². The Kier molecular flexibility index (Phi) is 5.32. The molecule has 0 fully saturated rings. The Bertz CT molecular complexity index is 1280. The monoisotopic (exact) mass is 508 g/mol. The van der Waals surface area contributed by atoms with Crippen molar-refractivity contribution >= 4 is 23.2 Å². The van der Waals surface area contributed by atoms with E-state index in [0.717, 1.165) is 12.1 Å². The Morgan fingerprint density at radius 3 is 2.31 bits per heavy atom. The van der Waals surface area contributed by atoms with Crippen molar-refractivity contribution in [2.24, 2.45) is 5.92 Å². The number of methoxy groups -OCH3 is 2. The third-order valence-electron chi connectivity index (χ3n) is 6.81. The molecule has 3 atom stereocenters. The Morgan fingerprint density at radius 1 is 1.06 bits per heavy atom. The summed E-state index contributed by atoms with van der Waals surface area (Å²) in [6, 6.07) is 6.02. The Balaban J connectivity index is 1.57. The standard InChI is InChI=1S/C25H20ClF3O6/c1-11-8-15(30)14-9-16(12-4-6-13(7-5-12)25(27,28)29)34-23(14)24(11)22(31)19-17(32-2)10-18(33-3)20(26)21(19)35-24/h4-7,10-11,16H,8-9H2,1-3H3/t11-,16+,24-/m1/s1. The number of benzene rings is 2. The molecule has 0 saturated heterocycles. The summed E-state index contributed by atoms with van der Waals surface area (Å²) < 4.78 is 62.0. The number of hydrogen-bond acceptors (Lipinski definition) is 6. The van der Waals surface area contributed by atoms with Gasteiger partial charge in [-0.3, -0.25) is 9.59 Å². The maximum absolute atomic E-state index is 13.9. The normalized spacial score (nSPS) is 25.3. The highest BCUT2D eigenvalue weighted by atomic mass is 35.5. The van der Waals surface area contributed by atoms with Crippen molar-refractivity contribution in [3.8, 4) is 17.2 Å². The van der Waals surface area contributed by atoms with Crippen molar-refractivity contribution in [3.63, 3.8) is 0 Å². The second kappa shape index (κ2) is 7.91. The zero-order chi connectivity index (χ0) is 25.3. The molecular weight excluding hydrogens is 489 g/mol. The largest absolute Gasteiger partial charge is 0.496 e. The molecule has 3 aliphatic rings. The zero-order valence-corrected chi connectivity index (χ0v) is 19.7. The smallest absolute Gasteiger partial charge is 0.416 e. The van der Waals surface area contributed by atoms with Crippen molar-refractivity contribution < 1.29 is 41.7 Å². The second-order valence-electron chi connectivity index (χ2n) is 8.73. The van der Waals surface area contributed by atoms with Gasteiger partial charge < -0.3 is 18.9 Å². The van der Waals surface area contributed by atoms with Crippen molar-refractivity contribution in [1.82, 2.24) is 0 Å². The summed E-state index contributed by atoms with van der Waals surface area (Å²) in [6.45, 7) is 1.71. The van der Waals surface area contributed by atoms with E-state index >= 15 is 0 Å². The van der Waals surface area contributed by atoms with Crippen LogP contribution in [-0.2, 0) is 15.7 Å². The predicted octanol–water partition coefficient (Wildman–Crippen LogP) is 5.71. The molecule has 0 bridgehead atoms. The van der Waals surface area contributed by atoms with Crippen molar-refractivity contribution in [3.05, 3.63) is 63.4 Å². The number of halogens is 4. The number of fused-ring (bicyclic) bond motifs is 2. The van der Waals surface area contributed by atoms with Gasteiger partial charge in [-0.1, -0.05) is 30.7 Å². The summed E-state index contributed by atoms with van der Waals surface area (Å²) >= 11 is 6.47. The highest BCUT2D eigenvalue weighted by Crippen LogP contribution is 2.58. The molecule has 0 radical (unpaired) electrons. The molecule has 0 aromatic heterocycles. The van der Waals surface area contributed by atoms with Crippen LogP contribution < -0.4 is 14.2 Å². The van der Waals surface area contributed by atoms with Crippen molar-refractivity contribution in [2.45, 2.75) is 37.6 Å². The summed E-state index contributed by atoms with van der Waals surface area (Å²) in [4.78, 5) is 26.8. The van der Waals surface area contributed by atoms with Crippen molar-refractivity contribution in [1.29, 1.82) is 0 Å². The van der Waals surface area contributed by atoms with E-state index in [1.165, 1.54) is 32.4 Å². The molecule has 2 aromatic carbocycles. The number of ketones is 2. The first-order valence-electron chi connectivity index (χ1n) is 10.8. The second-order valence-corrected chi connectivity index (χ2v) is 9.11. The van der Waals surface area contributed by atoms with Crippen LogP contribution in [-0.4, -0.2) is 31.4 Å². The van der Waals surface area contributed by atoms with E-state index in [2.05, 4.69) is 0 Å². The van der Waals surface area contributed by atoms with Gasteiger partial charge in [0, 0.05) is 30.4 Å². The van der Waals surface area contributed by atoms with E-state index in [-0.39, 0.29) is 57.8 Å². The van der Waals surface area contributed by atoms with Gasteiger partial charge in [-0.15, -0.1) is 0 Å². The van der Waals surface area contributed by atoms with Crippen LogP contribution in [0, 0.1) is 5.92 Å². The highest BCUT2D eigenvalue weighted by molar-refractivity contribution is 6.35. The first kappa shape index (κ1) is 23.5. The maximum atomic E-state index is 13.9. The molecule has 2 aromatic rings. The van der Waals surface area contributed by atoms with Crippen LogP contribution in [0.25, 0.3) is 0 Å². The van der Waals surface area contributed by atoms with E-state index in [1.54, 1.807) is 6.92 Å². The molecule has 1 aliphatic carbocycles. The Hall–Kier alpha value is -3.20. The van der Waals surface area contributed by atoms with E-state index in [0.29, 0.717) is 5.56 Å². The third kappa shape index (κ3) is 3.31. The van der Waals surface area contributed by atoms with Crippen LogP contribution in [0.1, 0.15) is 47.4 Å². The molecule has 0 unspecified atom stereocenters. The Labute approximate surface area is 203 Å². The lowest BCUT2D eigenvalue weighted by Crippen LogP contribution is -2.52. The minimum atomic E-state index is -4.47. The summed E-state index contributed by atoms with van der Waals surface area (Å²) in [5.41, 5.74) is -1.60. The number of carbonyl (C=O) groups is 2. The molecule has 184 valence electrons. The van der Waals surface area contributed by atoms with Crippen LogP contribution >= 0.6 is 11.6 Å². The first-order chi connectivity index (χ1) is 16.5. The lowest BCUT2D eigenvalue weighted by molar-refractivity contribution is -0.137. The summed E-state index contributed by atoms with van der Waals surface area (Å²) in [5, 5.41) is 0.0806. The van der Waals surface area contributed by atoms with Crippen LogP contribution in [0.3, 0.4) is 0 Å². The first-order valence-corrected chi connectivity index (χ1v) is 11.2. The number of rotatable bonds is 3. The van der Waals surface area contributed by atoms with Gasteiger partial charge in [-0.2, -0.15) is 13.2 Å². The number of alkyl halides is 3. The number of carbonyl (C=O) groups excluding carboxylic acids is 2. The quantitative estimate of drug-likeness (QED) is 0.528. The average Bonchev–Trinajstić information content (AvgIpc) is 3.40. The van der Waals surface area contributed by atoms with Gasteiger partial charge in [0.05, 0.1) is 19.8 Å². The minimum Gasteiger partial charge on any atom is -0.496 e. The molecule has 0 N–H and O–H groups in total. The van der Waals surface area contributed by atoms with Gasteiger partial charge >= 0.3 is 6.18 Å². The molecule has 5 rings (SSSR count). The lowest BCUT2D eigenvalue weighted by atomic mass is 9.73. The van der Waals surface area contributed by atoms with Gasteiger partial charge in [0.15, 0.2) is 17.3 Å². The molecule has 10 heteroatoms. The average molecular weight is 509 g/mol. The zero-order valence-electron chi connectivity index (χ0n) is 18.9. The number of hydrogen-bond donors (Lipinski definition) is 0. The van der Waals surface area contributed by atoms with E-state index < -0.39 is 35.1 Å². The maximum Gasteiger partial charge on any atom is 0.416 e. The van der Waals surface area contributed by atoms with Gasteiger partial charge in [0.1, 0.15) is 28.2 Å². The van der Waals surface area contributed by atoms with Crippen LogP contribution in [0.2, 0.25) is 5.02 Å². The molecule has 1 spiro atoms. The summed E-state index contributed by atoms with van der Waals surface area (Å²) in [5.74, 6) is -0.675. The number of ether oxygens (including phenoxy) is 4. The topological polar surface area (TPSA) is 71.1 Å². The Morgan fingerprint density at radius 2 is 1.71 bits per heavy atom. The van der Waals surface area contributed by atoms with E-state index in [9.17, 15) is 22.8 Å². The summed E-state index contributed by atoms with van der Waals surface area (Å²) in [7, 11) is 2.81. The molecule has 0 amide bonds. The molecule has 2 aliphatic heterocycles. The molecule has 6 nitrogen and oxygen atoms in total. The third-order valence-corrected chi connectivity index (χ3v) is 7.17. The highest BCUT2D eigenvalue weighted by Gasteiger charge is 2.63. The fourth-order valence-electron chi connectivity index (χ4n) is 5.00. The number of Topliss-reactive ketones (excluding diaryl/α,β-unsaturated/α-hetero) is 2. The minimum absolute atomic E-state index is 0.0265. The van der Waals surface area contributed by atoms with Crippen LogP contribution in [0.15, 0.2) is 41.7 Å².